The number of aliphatic carboxylic acids is 1. The van der Waals surface area contributed by atoms with Gasteiger partial charge in [-0.05, 0) is 48.2 Å². The summed E-state index contributed by atoms with van der Waals surface area (Å²) < 4.78 is 18.5. The first-order chi connectivity index (χ1) is 18.2. The third kappa shape index (κ3) is 5.94. The van der Waals surface area contributed by atoms with Crippen molar-refractivity contribution in [2.45, 2.75) is 44.4 Å². The quantitative estimate of drug-likeness (QED) is 0.531. The van der Waals surface area contributed by atoms with E-state index in [9.17, 15) is 28.7 Å². The monoisotopic (exact) mass is 526 g/mol. The number of piperazine rings is 1. The number of hydrogen-bond acceptors (Lipinski definition) is 6. The summed E-state index contributed by atoms with van der Waals surface area (Å²) in [5.74, 6) is -1.71. The molecule has 0 bridgehead atoms. The van der Waals surface area contributed by atoms with Crippen molar-refractivity contribution in [3.05, 3.63) is 65.5 Å². The van der Waals surface area contributed by atoms with Gasteiger partial charge < -0.3 is 19.6 Å². The van der Waals surface area contributed by atoms with Crippen LogP contribution in [0.4, 0.5) is 4.39 Å². The number of benzene rings is 2. The molecule has 0 aliphatic carbocycles. The van der Waals surface area contributed by atoms with Crippen LogP contribution in [0.5, 0.6) is 5.75 Å². The molecule has 0 radical (unpaired) electrons. The van der Waals surface area contributed by atoms with E-state index in [-0.39, 0.29) is 62.4 Å². The Balaban J connectivity index is 1.59. The first-order valence-corrected chi connectivity index (χ1v) is 12.4. The number of hydrazine groups is 1. The zero-order valence-corrected chi connectivity index (χ0v) is 21.4. The van der Waals surface area contributed by atoms with Crippen molar-refractivity contribution in [1.82, 2.24) is 19.8 Å². The summed E-state index contributed by atoms with van der Waals surface area (Å²) in [6.45, 7) is 0.188. The number of carboxylic acid groups (broad SMARTS) is 1. The van der Waals surface area contributed by atoms with Crippen LogP contribution in [0.15, 0.2) is 48.5 Å². The van der Waals surface area contributed by atoms with Gasteiger partial charge in [0.25, 0.3) is 0 Å². The van der Waals surface area contributed by atoms with Crippen LogP contribution in [-0.2, 0) is 32.1 Å². The molecule has 0 unspecified atom stereocenters. The van der Waals surface area contributed by atoms with Crippen LogP contribution in [0.25, 0.3) is 0 Å². The normalized spacial score (nSPS) is 19.9. The highest BCUT2D eigenvalue weighted by molar-refractivity contribution is 5.92. The molecule has 2 aromatic rings. The van der Waals surface area contributed by atoms with E-state index < -0.39 is 18.2 Å². The summed E-state index contributed by atoms with van der Waals surface area (Å²) in [4.78, 5) is 54.4. The molecule has 2 aliphatic rings. The average Bonchev–Trinajstić information content (AvgIpc) is 2.89. The molecule has 1 N–H and O–H groups in total. The predicted octanol–water partition coefficient (Wildman–Crippen LogP) is 1.89. The van der Waals surface area contributed by atoms with E-state index in [1.54, 1.807) is 48.3 Å². The molecular weight excluding hydrogens is 495 g/mol. The Labute approximate surface area is 220 Å². The fourth-order valence-electron chi connectivity index (χ4n) is 5.02. The van der Waals surface area contributed by atoms with Crippen LogP contribution in [0.2, 0.25) is 0 Å². The molecule has 3 amide bonds. The number of amides is 3. The Morgan fingerprint density at radius 3 is 2.32 bits per heavy atom. The lowest BCUT2D eigenvalue weighted by molar-refractivity contribution is -0.203. The lowest BCUT2D eigenvalue weighted by Gasteiger charge is -2.54. The molecule has 202 valence electrons. The largest absolute Gasteiger partial charge is 0.497 e. The van der Waals surface area contributed by atoms with E-state index in [0.29, 0.717) is 12.2 Å². The van der Waals surface area contributed by atoms with E-state index in [2.05, 4.69) is 0 Å². The number of likely N-dealkylation sites (N-methyl/N-ethyl adjacent to an activating group) is 1. The van der Waals surface area contributed by atoms with Gasteiger partial charge in [0.05, 0.1) is 20.2 Å². The van der Waals surface area contributed by atoms with Gasteiger partial charge in [0.15, 0.2) is 0 Å². The second-order valence-electron chi connectivity index (χ2n) is 9.48. The summed E-state index contributed by atoms with van der Waals surface area (Å²) in [7, 11) is 3.20. The average molecular weight is 527 g/mol. The third-order valence-electron chi connectivity index (χ3n) is 6.90. The number of rotatable bonds is 9. The number of nitrogens with zero attached hydrogens (tertiary/aromatic N) is 4. The van der Waals surface area contributed by atoms with E-state index in [4.69, 9.17) is 4.74 Å². The predicted molar refractivity (Wildman–Crippen MR) is 134 cm³/mol. The van der Waals surface area contributed by atoms with Crippen LogP contribution < -0.4 is 4.74 Å². The maximum atomic E-state index is 13.5. The number of hydrogen-bond donors (Lipinski definition) is 1. The molecule has 2 fully saturated rings. The highest BCUT2D eigenvalue weighted by Gasteiger charge is 2.50. The van der Waals surface area contributed by atoms with Gasteiger partial charge in [-0.25, -0.2) is 9.40 Å². The first kappa shape index (κ1) is 27.1. The molecule has 4 rings (SSSR count). The van der Waals surface area contributed by atoms with Crippen molar-refractivity contribution in [3.63, 3.8) is 0 Å². The minimum atomic E-state index is -1.07. The van der Waals surface area contributed by atoms with E-state index in [1.807, 2.05) is 12.1 Å². The Morgan fingerprint density at radius 2 is 1.68 bits per heavy atom. The van der Waals surface area contributed by atoms with Crippen molar-refractivity contribution < 1.29 is 33.4 Å². The molecule has 2 heterocycles. The van der Waals surface area contributed by atoms with Gasteiger partial charge in [-0.15, -0.1) is 0 Å². The van der Waals surface area contributed by atoms with Gasteiger partial charge in [-0.1, -0.05) is 24.3 Å². The summed E-state index contributed by atoms with van der Waals surface area (Å²) in [6, 6.07) is 12.1. The van der Waals surface area contributed by atoms with Crippen LogP contribution in [0, 0.1) is 5.82 Å². The summed E-state index contributed by atoms with van der Waals surface area (Å²) in [5.41, 5.74) is 1.63. The summed E-state index contributed by atoms with van der Waals surface area (Å²) in [5, 5.41) is 12.3. The number of methoxy groups -OCH3 is 1. The fraction of sp³-hybridized carbons (Fsp3) is 0.407. The first-order valence-electron chi connectivity index (χ1n) is 12.4. The van der Waals surface area contributed by atoms with E-state index >= 15 is 0 Å². The van der Waals surface area contributed by atoms with Gasteiger partial charge in [0.1, 0.15) is 23.8 Å². The molecule has 2 aliphatic heterocycles. The molecule has 10 nitrogen and oxygen atoms in total. The highest BCUT2D eigenvalue weighted by Crippen LogP contribution is 2.29. The molecule has 0 saturated carbocycles. The lowest BCUT2D eigenvalue weighted by atomic mass is 10.0. The molecule has 2 atom stereocenters. The van der Waals surface area contributed by atoms with Gasteiger partial charge in [0, 0.05) is 26.4 Å². The van der Waals surface area contributed by atoms with E-state index in [1.165, 1.54) is 22.0 Å². The van der Waals surface area contributed by atoms with Gasteiger partial charge in [0.2, 0.25) is 17.7 Å². The molecule has 0 aromatic heterocycles. The smallest absolute Gasteiger partial charge is 0.303 e. The summed E-state index contributed by atoms with van der Waals surface area (Å²) >= 11 is 0. The molecule has 38 heavy (non-hydrogen) atoms. The minimum absolute atomic E-state index is 0.0587. The molecule has 2 aromatic carbocycles. The highest BCUT2D eigenvalue weighted by atomic mass is 19.1. The number of carbonyl (C=O) groups excluding carboxylic acids is 3. The zero-order valence-electron chi connectivity index (χ0n) is 21.4. The number of halogens is 1. The molecule has 0 spiro atoms. The maximum absolute atomic E-state index is 13.5. The topological polar surface area (TPSA) is 111 Å². The number of fused-ring (bicyclic) bond motifs is 1. The van der Waals surface area contributed by atoms with Crippen LogP contribution in [0.1, 0.15) is 30.4 Å². The SMILES string of the molecule is COc1ccc(CN2C[C@H]3N(C(=O)CN(C)N3C(=O)CCc3ccc(F)cc3)[C@@H](CCC(=O)O)C2=O)cc1. The Hall–Kier alpha value is -3.99. The number of ether oxygens (including phenoxy) is 1. The Morgan fingerprint density at radius 1 is 1.03 bits per heavy atom. The van der Waals surface area contributed by atoms with Crippen LogP contribution >= 0.6 is 0 Å². The minimum Gasteiger partial charge on any atom is -0.497 e. The standard InChI is InChI=1S/C27H31FN4O6/c1-29-17-25(34)31-22(12-14-26(35)36)27(37)30(15-19-5-10-21(38-2)11-6-19)16-23(31)32(29)24(33)13-7-18-3-8-20(28)9-4-18/h3-6,8-11,22-23H,7,12-17H2,1-2H3,(H,35,36)/t22-,23-/m0/s1. The van der Waals surface area contributed by atoms with Gasteiger partial charge >= 0.3 is 5.97 Å². The number of carbonyl (C=O) groups is 4. The molecular formula is C27H31FN4O6. The van der Waals surface area contributed by atoms with Gasteiger partial charge in [-0.3, -0.25) is 24.2 Å². The maximum Gasteiger partial charge on any atom is 0.303 e. The third-order valence-corrected chi connectivity index (χ3v) is 6.90. The van der Waals surface area contributed by atoms with Gasteiger partial charge in [-0.2, -0.15) is 0 Å². The Bertz CT molecular complexity index is 1190. The lowest BCUT2D eigenvalue weighted by Crippen LogP contribution is -2.75. The molecule has 11 heteroatoms. The van der Waals surface area contributed by atoms with E-state index in [0.717, 1.165) is 11.1 Å². The molecule has 2 saturated heterocycles. The second kappa shape index (κ2) is 11.6. The van der Waals surface area contributed by atoms with Crippen molar-refractivity contribution in [1.29, 1.82) is 0 Å². The fourth-order valence-corrected chi connectivity index (χ4v) is 5.02. The van der Waals surface area contributed by atoms with Crippen LogP contribution in [-0.4, -0.2) is 88.1 Å². The number of aryl methyl sites for hydroxylation is 1. The van der Waals surface area contributed by atoms with Crippen molar-refractivity contribution in [2.24, 2.45) is 0 Å². The van der Waals surface area contributed by atoms with Crippen molar-refractivity contribution in [3.8, 4) is 5.75 Å². The summed E-state index contributed by atoms with van der Waals surface area (Å²) in [6.07, 6.45) is -0.646. The zero-order chi connectivity index (χ0) is 27.4. The number of carboxylic acids is 1. The Kier molecular flexibility index (Phi) is 8.26. The second-order valence-corrected chi connectivity index (χ2v) is 9.48. The van der Waals surface area contributed by atoms with Crippen LogP contribution in [0.3, 0.4) is 0 Å². The van der Waals surface area contributed by atoms with Crippen molar-refractivity contribution in [2.75, 3.05) is 27.2 Å². The van der Waals surface area contributed by atoms with Crippen molar-refractivity contribution >= 4 is 23.7 Å².